The van der Waals surface area contributed by atoms with Gasteiger partial charge in [-0.25, -0.2) is 8.91 Å². The average molecular weight is 296 g/mol. The fourth-order valence-electron chi connectivity index (χ4n) is 2.36. The maximum Gasteiger partial charge on any atom is 0.249 e. The maximum atomic E-state index is 13.1. The number of pyridine rings is 1. The summed E-state index contributed by atoms with van der Waals surface area (Å²) in [5.74, 6) is 0.0841. The quantitative estimate of drug-likeness (QED) is 0.808. The second-order valence-corrected chi connectivity index (χ2v) is 5.39. The van der Waals surface area contributed by atoms with E-state index in [1.165, 1.54) is 12.1 Å². The number of nitrogens with one attached hydrogen (secondary N) is 1. The summed E-state index contributed by atoms with van der Waals surface area (Å²) < 4.78 is 14.7. The highest BCUT2D eigenvalue weighted by Crippen LogP contribution is 2.30. The molecule has 5 nitrogen and oxygen atoms in total. The van der Waals surface area contributed by atoms with Crippen molar-refractivity contribution in [2.75, 3.05) is 5.32 Å². The Balaban J connectivity index is 1.74. The molecule has 1 N–H and O–H groups in total. The first-order chi connectivity index (χ1) is 10.7. The van der Waals surface area contributed by atoms with E-state index in [0.717, 1.165) is 24.1 Å². The highest BCUT2D eigenvalue weighted by molar-refractivity contribution is 5.92. The van der Waals surface area contributed by atoms with Crippen LogP contribution in [0.15, 0.2) is 42.5 Å². The van der Waals surface area contributed by atoms with Crippen molar-refractivity contribution in [2.45, 2.75) is 12.8 Å². The van der Waals surface area contributed by atoms with Crippen molar-refractivity contribution >= 4 is 17.5 Å². The van der Waals surface area contributed by atoms with Gasteiger partial charge in [-0.15, -0.1) is 5.10 Å². The Morgan fingerprint density at radius 1 is 1.18 bits per heavy atom. The Hall–Kier alpha value is -2.76. The number of carbonyl (C=O) groups is 1. The second-order valence-electron chi connectivity index (χ2n) is 5.39. The predicted octanol–water partition coefficient (Wildman–Crippen LogP) is 2.88. The van der Waals surface area contributed by atoms with Gasteiger partial charge in [0.1, 0.15) is 5.82 Å². The first kappa shape index (κ1) is 12.9. The zero-order valence-electron chi connectivity index (χ0n) is 11.7. The lowest BCUT2D eigenvalue weighted by atomic mass is 10.1. The zero-order chi connectivity index (χ0) is 15.1. The zero-order valence-corrected chi connectivity index (χ0v) is 11.7. The summed E-state index contributed by atoms with van der Waals surface area (Å²) in [5.41, 5.74) is 2.25. The van der Waals surface area contributed by atoms with Crippen LogP contribution in [0.25, 0.3) is 16.9 Å². The summed E-state index contributed by atoms with van der Waals surface area (Å²) in [4.78, 5) is 16.1. The SMILES string of the molecule is O=C(Nc1nc2cccc(-c3ccc(F)cc3)n2n1)C1CC1. The molecule has 1 aliphatic rings. The van der Waals surface area contributed by atoms with Crippen LogP contribution in [-0.4, -0.2) is 20.5 Å². The molecule has 22 heavy (non-hydrogen) atoms. The molecule has 1 aliphatic carbocycles. The molecule has 0 aliphatic heterocycles. The Labute approximate surface area is 125 Å². The predicted molar refractivity (Wildman–Crippen MR) is 79.7 cm³/mol. The Kier molecular flexibility index (Phi) is 2.89. The fourth-order valence-corrected chi connectivity index (χ4v) is 2.36. The standard InChI is InChI=1S/C16H13FN4O/c17-12-8-6-10(7-9-12)13-2-1-3-14-18-16(20-21(13)14)19-15(22)11-4-5-11/h1-3,6-9,11H,4-5H2,(H,19,20,22). The van der Waals surface area contributed by atoms with Crippen LogP contribution in [0, 0.1) is 11.7 Å². The molecule has 2 aromatic heterocycles. The van der Waals surface area contributed by atoms with E-state index >= 15 is 0 Å². The van der Waals surface area contributed by atoms with Crippen molar-refractivity contribution in [1.82, 2.24) is 14.6 Å². The number of halogens is 1. The van der Waals surface area contributed by atoms with Crippen LogP contribution >= 0.6 is 0 Å². The third-order valence-corrected chi connectivity index (χ3v) is 3.68. The van der Waals surface area contributed by atoms with Gasteiger partial charge in [0.25, 0.3) is 0 Å². The van der Waals surface area contributed by atoms with Crippen molar-refractivity contribution in [3.63, 3.8) is 0 Å². The van der Waals surface area contributed by atoms with E-state index in [2.05, 4.69) is 15.4 Å². The van der Waals surface area contributed by atoms with Crippen molar-refractivity contribution in [2.24, 2.45) is 5.92 Å². The molecule has 1 amide bonds. The third-order valence-electron chi connectivity index (χ3n) is 3.68. The number of nitrogens with zero attached hydrogens (tertiary/aromatic N) is 3. The lowest BCUT2D eigenvalue weighted by molar-refractivity contribution is -0.117. The number of rotatable bonds is 3. The van der Waals surface area contributed by atoms with E-state index in [1.54, 1.807) is 16.6 Å². The van der Waals surface area contributed by atoms with Gasteiger partial charge < -0.3 is 0 Å². The highest BCUT2D eigenvalue weighted by atomic mass is 19.1. The molecule has 0 saturated heterocycles. The number of benzene rings is 1. The van der Waals surface area contributed by atoms with Crippen LogP contribution in [0.2, 0.25) is 0 Å². The molecular formula is C16H13FN4O. The summed E-state index contributed by atoms with van der Waals surface area (Å²) >= 11 is 0. The maximum absolute atomic E-state index is 13.1. The minimum Gasteiger partial charge on any atom is -0.293 e. The summed E-state index contributed by atoms with van der Waals surface area (Å²) in [6, 6.07) is 11.7. The van der Waals surface area contributed by atoms with E-state index < -0.39 is 0 Å². The summed E-state index contributed by atoms with van der Waals surface area (Å²) in [5, 5.41) is 7.08. The molecule has 0 unspecified atom stereocenters. The largest absolute Gasteiger partial charge is 0.293 e. The molecular weight excluding hydrogens is 283 g/mol. The van der Waals surface area contributed by atoms with Crippen LogP contribution < -0.4 is 5.32 Å². The van der Waals surface area contributed by atoms with E-state index in [9.17, 15) is 9.18 Å². The van der Waals surface area contributed by atoms with Gasteiger partial charge in [0.2, 0.25) is 11.9 Å². The number of hydrogen-bond donors (Lipinski definition) is 1. The van der Waals surface area contributed by atoms with Gasteiger partial charge in [0.15, 0.2) is 5.65 Å². The first-order valence-corrected chi connectivity index (χ1v) is 7.13. The van der Waals surface area contributed by atoms with Crippen LogP contribution in [0.5, 0.6) is 0 Å². The lowest BCUT2D eigenvalue weighted by Crippen LogP contribution is -2.14. The van der Waals surface area contributed by atoms with E-state index in [0.29, 0.717) is 11.6 Å². The van der Waals surface area contributed by atoms with Gasteiger partial charge in [-0.2, -0.15) is 4.98 Å². The molecule has 1 saturated carbocycles. The molecule has 3 aromatic rings. The first-order valence-electron chi connectivity index (χ1n) is 7.13. The summed E-state index contributed by atoms with van der Waals surface area (Å²) in [6.07, 6.45) is 1.86. The van der Waals surface area contributed by atoms with Crippen molar-refractivity contribution in [1.29, 1.82) is 0 Å². The van der Waals surface area contributed by atoms with Gasteiger partial charge in [0, 0.05) is 11.5 Å². The Morgan fingerprint density at radius 2 is 1.95 bits per heavy atom. The third kappa shape index (κ3) is 2.32. The van der Waals surface area contributed by atoms with Gasteiger partial charge in [0.05, 0.1) is 5.69 Å². The van der Waals surface area contributed by atoms with Crippen molar-refractivity contribution in [3.8, 4) is 11.3 Å². The molecule has 0 radical (unpaired) electrons. The molecule has 1 fully saturated rings. The molecule has 4 rings (SSSR count). The second kappa shape index (κ2) is 4.91. The Morgan fingerprint density at radius 3 is 2.68 bits per heavy atom. The van der Waals surface area contributed by atoms with Crippen LogP contribution in [0.1, 0.15) is 12.8 Å². The smallest absolute Gasteiger partial charge is 0.249 e. The minimum absolute atomic E-state index is 0.0285. The van der Waals surface area contributed by atoms with Gasteiger partial charge in [-0.3, -0.25) is 10.1 Å². The monoisotopic (exact) mass is 296 g/mol. The van der Waals surface area contributed by atoms with E-state index in [1.807, 2.05) is 18.2 Å². The molecule has 110 valence electrons. The Bertz CT molecular complexity index is 852. The van der Waals surface area contributed by atoms with Crippen molar-refractivity contribution in [3.05, 3.63) is 48.3 Å². The van der Waals surface area contributed by atoms with Crippen LogP contribution in [0.3, 0.4) is 0 Å². The molecule has 1 aromatic carbocycles. The fraction of sp³-hybridized carbons (Fsp3) is 0.188. The minimum atomic E-state index is -0.285. The van der Waals surface area contributed by atoms with Crippen molar-refractivity contribution < 1.29 is 9.18 Å². The van der Waals surface area contributed by atoms with Gasteiger partial charge in [-0.1, -0.05) is 6.07 Å². The molecule has 0 atom stereocenters. The number of aromatic nitrogens is 3. The molecule has 0 bridgehead atoms. The molecule has 6 heteroatoms. The average Bonchev–Trinajstić information content (AvgIpc) is 3.28. The topological polar surface area (TPSA) is 59.3 Å². The van der Waals surface area contributed by atoms with Gasteiger partial charge >= 0.3 is 0 Å². The molecule has 0 spiro atoms. The number of amides is 1. The number of hydrogen-bond acceptors (Lipinski definition) is 3. The lowest BCUT2D eigenvalue weighted by Gasteiger charge is -2.03. The number of fused-ring (bicyclic) bond motifs is 1. The summed E-state index contributed by atoms with van der Waals surface area (Å²) in [6.45, 7) is 0. The normalized spacial score (nSPS) is 14.2. The molecule has 2 heterocycles. The van der Waals surface area contributed by atoms with Crippen LogP contribution in [0.4, 0.5) is 10.3 Å². The highest BCUT2D eigenvalue weighted by Gasteiger charge is 2.30. The van der Waals surface area contributed by atoms with E-state index in [-0.39, 0.29) is 17.6 Å². The van der Waals surface area contributed by atoms with Crippen LogP contribution in [-0.2, 0) is 4.79 Å². The number of carbonyl (C=O) groups excluding carboxylic acids is 1. The summed E-state index contributed by atoms with van der Waals surface area (Å²) in [7, 11) is 0. The number of anilines is 1. The van der Waals surface area contributed by atoms with Gasteiger partial charge in [-0.05, 0) is 49.2 Å². The van der Waals surface area contributed by atoms with E-state index in [4.69, 9.17) is 0 Å².